The molecule has 0 amide bonds. The molecule has 282 valence electrons. The second-order valence-corrected chi connectivity index (χ2v) is 15.4. The molecule has 0 N–H and O–H groups in total. The summed E-state index contributed by atoms with van der Waals surface area (Å²) < 4.78 is 6.71. The van der Waals surface area contributed by atoms with Gasteiger partial charge in [-0.1, -0.05) is 121 Å². The third-order valence-corrected chi connectivity index (χ3v) is 12.1. The molecule has 6 nitrogen and oxygen atoms in total. The smallest absolute Gasteiger partial charge is 0.101 e. The van der Waals surface area contributed by atoms with Gasteiger partial charge in [-0.2, -0.15) is 10.5 Å². The fourth-order valence-corrected chi connectivity index (χ4v) is 9.45. The molecule has 0 aliphatic carbocycles. The molecule has 4 heterocycles. The summed E-state index contributed by atoms with van der Waals surface area (Å²) in [5, 5.41) is 27.9. The number of aromatic nitrogens is 4. The van der Waals surface area contributed by atoms with Crippen LogP contribution in [-0.2, 0) is 0 Å². The molecule has 0 aliphatic rings. The van der Waals surface area contributed by atoms with Crippen LogP contribution in [0.4, 0.5) is 0 Å². The van der Waals surface area contributed by atoms with Crippen molar-refractivity contribution in [1.82, 2.24) is 18.7 Å². The molecular formula is C55H32N6. The van der Waals surface area contributed by atoms with E-state index >= 15 is 0 Å². The largest absolute Gasteiger partial charge is 0.309 e. The normalized spacial score (nSPS) is 11.6. The Labute approximate surface area is 350 Å². The number of pyridine rings is 1. The first-order valence-corrected chi connectivity index (χ1v) is 20.3. The van der Waals surface area contributed by atoms with Crippen LogP contribution >= 0.6 is 0 Å². The number of hydrogen-bond donors (Lipinski definition) is 0. The molecule has 0 fully saturated rings. The zero-order valence-electron chi connectivity index (χ0n) is 32.7. The molecule has 0 saturated carbocycles. The molecule has 12 aromatic rings. The lowest BCUT2D eigenvalue weighted by Crippen LogP contribution is -2.02. The maximum atomic E-state index is 10.6. The van der Waals surface area contributed by atoms with Gasteiger partial charge < -0.3 is 13.7 Å². The van der Waals surface area contributed by atoms with Crippen LogP contribution in [0.3, 0.4) is 0 Å². The first-order valence-electron chi connectivity index (χ1n) is 20.3. The average molecular weight is 777 g/mol. The average Bonchev–Trinajstić information content (AvgIpc) is 3.97. The lowest BCUT2D eigenvalue weighted by molar-refractivity contribution is 1.15. The first-order chi connectivity index (χ1) is 30.2. The lowest BCUT2D eigenvalue weighted by Gasteiger charge is -2.16. The summed E-state index contributed by atoms with van der Waals surface area (Å²) in [6.07, 6.45) is 0. The summed E-state index contributed by atoms with van der Waals surface area (Å²) in [5.74, 6) is 0. The summed E-state index contributed by atoms with van der Waals surface area (Å²) in [5.41, 5.74) is 13.2. The molecule has 0 saturated heterocycles. The van der Waals surface area contributed by atoms with Crippen LogP contribution in [0.25, 0.3) is 105 Å². The molecule has 6 heteroatoms. The number of nitrogens with zero attached hydrogens (tertiary/aromatic N) is 6. The van der Waals surface area contributed by atoms with Gasteiger partial charge in [-0.3, -0.25) is 0 Å². The molecule has 0 atom stereocenters. The monoisotopic (exact) mass is 776 g/mol. The molecule has 61 heavy (non-hydrogen) atoms. The summed E-state index contributed by atoms with van der Waals surface area (Å²) in [6, 6.07) is 71.7. The van der Waals surface area contributed by atoms with Gasteiger partial charge in [0.25, 0.3) is 0 Å². The molecular weight excluding hydrogens is 745 g/mol. The van der Waals surface area contributed by atoms with Crippen molar-refractivity contribution in [2.24, 2.45) is 0 Å². The number of nitriles is 2. The maximum absolute atomic E-state index is 10.6. The van der Waals surface area contributed by atoms with Gasteiger partial charge in [-0.25, -0.2) is 4.98 Å². The predicted octanol–water partition coefficient (Wildman–Crippen LogP) is 13.5. The standard InChI is InChI=1S/C55H32N6/c56-33-37-27-25-35(29-54(37)60-50-21-9-3-15-42(50)43-16-4-10-22-51(43)60)46-31-39(59-48-19-7-1-13-40(48)41-14-2-8-20-49(41)59)32-47(58-46)36-26-28-38(34-57)55(30-36)61-52-23-11-5-17-44(52)45-18-6-12-24-53(45)61/h1-32H. The van der Waals surface area contributed by atoms with E-state index in [4.69, 9.17) is 4.98 Å². The third-order valence-electron chi connectivity index (χ3n) is 12.1. The van der Waals surface area contributed by atoms with Gasteiger partial charge in [0.05, 0.1) is 72.7 Å². The van der Waals surface area contributed by atoms with E-state index in [1.807, 2.05) is 48.5 Å². The van der Waals surface area contributed by atoms with E-state index in [2.05, 4.69) is 171 Å². The van der Waals surface area contributed by atoms with E-state index in [-0.39, 0.29) is 0 Å². The van der Waals surface area contributed by atoms with Gasteiger partial charge >= 0.3 is 0 Å². The van der Waals surface area contributed by atoms with Gasteiger partial charge in [-0.05, 0) is 72.8 Å². The minimum Gasteiger partial charge on any atom is -0.309 e. The Hall–Kier alpha value is -8.71. The van der Waals surface area contributed by atoms with Crippen molar-refractivity contribution in [3.8, 4) is 51.7 Å². The Morgan fingerprint density at radius 3 is 0.934 bits per heavy atom. The summed E-state index contributed by atoms with van der Waals surface area (Å²) in [7, 11) is 0. The molecule has 0 aliphatic heterocycles. The molecule has 0 unspecified atom stereocenters. The number of para-hydroxylation sites is 6. The Morgan fingerprint density at radius 2 is 0.623 bits per heavy atom. The van der Waals surface area contributed by atoms with Crippen LogP contribution < -0.4 is 0 Å². The van der Waals surface area contributed by atoms with Crippen molar-refractivity contribution < 1.29 is 0 Å². The fraction of sp³-hybridized carbons (Fsp3) is 0. The summed E-state index contributed by atoms with van der Waals surface area (Å²) in [4.78, 5) is 5.45. The van der Waals surface area contributed by atoms with Crippen molar-refractivity contribution in [3.63, 3.8) is 0 Å². The van der Waals surface area contributed by atoms with E-state index in [1.165, 1.54) is 0 Å². The number of benzene rings is 8. The van der Waals surface area contributed by atoms with E-state index in [0.29, 0.717) is 11.1 Å². The topological polar surface area (TPSA) is 75.3 Å². The van der Waals surface area contributed by atoms with E-state index < -0.39 is 0 Å². The number of rotatable bonds is 5. The van der Waals surface area contributed by atoms with Crippen molar-refractivity contribution in [2.75, 3.05) is 0 Å². The summed E-state index contributed by atoms with van der Waals surface area (Å²) in [6.45, 7) is 0. The molecule has 4 aromatic heterocycles. The quantitative estimate of drug-likeness (QED) is 0.175. The van der Waals surface area contributed by atoms with Crippen LogP contribution in [0.5, 0.6) is 0 Å². The van der Waals surface area contributed by atoms with Gasteiger partial charge in [0.2, 0.25) is 0 Å². The summed E-state index contributed by atoms with van der Waals surface area (Å²) >= 11 is 0. The number of fused-ring (bicyclic) bond motifs is 9. The molecule has 12 rings (SSSR count). The predicted molar refractivity (Wildman–Crippen MR) is 248 cm³/mol. The van der Waals surface area contributed by atoms with Crippen molar-refractivity contribution in [1.29, 1.82) is 10.5 Å². The Morgan fingerprint density at radius 1 is 0.328 bits per heavy atom. The highest BCUT2D eigenvalue weighted by Gasteiger charge is 2.20. The third kappa shape index (κ3) is 5.17. The van der Waals surface area contributed by atoms with Gasteiger partial charge in [0, 0.05) is 43.4 Å². The zero-order valence-corrected chi connectivity index (χ0v) is 32.7. The van der Waals surface area contributed by atoms with Crippen LogP contribution in [-0.4, -0.2) is 18.7 Å². The molecule has 0 spiro atoms. The second-order valence-electron chi connectivity index (χ2n) is 15.4. The minimum atomic E-state index is 0.567. The highest BCUT2D eigenvalue weighted by Crippen LogP contribution is 2.39. The Bertz CT molecular complexity index is 3510. The van der Waals surface area contributed by atoms with Gasteiger partial charge in [0.1, 0.15) is 12.1 Å². The SMILES string of the molecule is N#Cc1ccc(-c2cc(-n3c4ccccc4c4ccccc43)cc(-c3ccc(C#N)c(-n4c5ccccc5c5ccccc54)c3)n2)cc1-n1c2ccccc2c2ccccc21. The fourth-order valence-electron chi connectivity index (χ4n) is 9.45. The molecule has 0 bridgehead atoms. The maximum Gasteiger partial charge on any atom is 0.101 e. The van der Waals surface area contributed by atoms with Crippen molar-refractivity contribution >= 4 is 65.4 Å². The van der Waals surface area contributed by atoms with Gasteiger partial charge in [-0.15, -0.1) is 0 Å². The van der Waals surface area contributed by atoms with E-state index in [1.54, 1.807) is 0 Å². The zero-order chi connectivity index (χ0) is 40.6. The Balaban J connectivity index is 1.14. The van der Waals surface area contributed by atoms with Crippen molar-refractivity contribution in [3.05, 3.63) is 205 Å². The highest BCUT2D eigenvalue weighted by molar-refractivity contribution is 6.11. The van der Waals surface area contributed by atoms with Crippen LogP contribution in [0, 0.1) is 22.7 Å². The number of hydrogen-bond acceptors (Lipinski definition) is 3. The van der Waals surface area contributed by atoms with Crippen LogP contribution in [0.2, 0.25) is 0 Å². The van der Waals surface area contributed by atoms with Crippen molar-refractivity contribution in [2.45, 2.75) is 0 Å². The Kier molecular flexibility index (Phi) is 7.56. The highest BCUT2D eigenvalue weighted by atomic mass is 15.0. The lowest BCUT2D eigenvalue weighted by atomic mass is 10.0. The van der Waals surface area contributed by atoms with E-state index in [0.717, 1.165) is 105 Å². The molecule has 8 aromatic carbocycles. The minimum absolute atomic E-state index is 0.567. The van der Waals surface area contributed by atoms with Crippen LogP contribution in [0.1, 0.15) is 11.1 Å². The van der Waals surface area contributed by atoms with Crippen LogP contribution in [0.15, 0.2) is 194 Å². The first kappa shape index (κ1) is 34.3. The van der Waals surface area contributed by atoms with E-state index in [9.17, 15) is 10.5 Å². The molecule has 0 radical (unpaired) electrons. The second kappa shape index (κ2) is 13.4. The van der Waals surface area contributed by atoms with Gasteiger partial charge in [0.15, 0.2) is 0 Å².